The molecule has 0 radical (unpaired) electrons. The molecule has 0 saturated heterocycles. The second-order valence-electron chi connectivity index (χ2n) is 5.27. The first kappa shape index (κ1) is 20.3. The summed E-state index contributed by atoms with van der Waals surface area (Å²) in [5.74, 6) is 0.209. The first-order chi connectivity index (χ1) is 10.7. The minimum Gasteiger partial charge on any atom is -0.379 e. The van der Waals surface area contributed by atoms with E-state index in [0.29, 0.717) is 0 Å². The quantitative estimate of drug-likeness (QED) is 0.249. The van der Waals surface area contributed by atoms with Gasteiger partial charge in [0.05, 0.1) is 0 Å². The Morgan fingerprint density at radius 1 is 0.682 bits per heavy atom. The molecule has 0 bridgehead atoms. The highest BCUT2D eigenvalue weighted by Gasteiger charge is 1.96. The maximum absolute atomic E-state index is 5.67. The molecule has 0 aromatic carbocycles. The molecule has 0 aliphatic heterocycles. The SMILES string of the molecule is CCCCCCC=N/N=C(N)/C(N)=N/N=CCCCCCC. The maximum Gasteiger partial charge on any atom is 0.190 e. The molecule has 0 rings (SSSR count). The van der Waals surface area contributed by atoms with Gasteiger partial charge < -0.3 is 11.5 Å². The fourth-order valence-corrected chi connectivity index (χ4v) is 1.75. The largest absolute Gasteiger partial charge is 0.379 e. The van der Waals surface area contributed by atoms with E-state index >= 15 is 0 Å². The van der Waals surface area contributed by atoms with Gasteiger partial charge in [0.1, 0.15) is 0 Å². The van der Waals surface area contributed by atoms with Crippen LogP contribution in [-0.4, -0.2) is 24.1 Å². The first-order valence-electron chi connectivity index (χ1n) is 8.42. The summed E-state index contributed by atoms with van der Waals surface area (Å²) in [5, 5.41) is 15.4. The summed E-state index contributed by atoms with van der Waals surface area (Å²) in [5.41, 5.74) is 11.3. The molecule has 22 heavy (non-hydrogen) atoms. The van der Waals surface area contributed by atoms with E-state index in [1.54, 1.807) is 12.4 Å². The molecule has 0 aromatic heterocycles. The van der Waals surface area contributed by atoms with Gasteiger partial charge in [-0.05, 0) is 25.7 Å². The van der Waals surface area contributed by atoms with Crippen LogP contribution in [0.2, 0.25) is 0 Å². The van der Waals surface area contributed by atoms with Crippen molar-refractivity contribution in [3.05, 3.63) is 0 Å². The Labute approximate surface area is 134 Å². The molecule has 4 N–H and O–H groups in total. The van der Waals surface area contributed by atoms with Crippen LogP contribution in [0.1, 0.15) is 78.1 Å². The molecule has 0 aromatic rings. The molecule has 0 aliphatic rings. The Kier molecular flexibility index (Phi) is 14.4. The van der Waals surface area contributed by atoms with E-state index in [9.17, 15) is 0 Å². The molecule has 0 aliphatic carbocycles. The summed E-state index contributed by atoms with van der Waals surface area (Å²) in [4.78, 5) is 0. The Morgan fingerprint density at radius 2 is 1.09 bits per heavy atom. The van der Waals surface area contributed by atoms with Crippen molar-refractivity contribution in [2.75, 3.05) is 0 Å². The smallest absolute Gasteiger partial charge is 0.190 e. The molecule has 0 unspecified atom stereocenters. The summed E-state index contributed by atoms with van der Waals surface area (Å²) < 4.78 is 0. The standard InChI is InChI=1S/C16H32N6/c1-3-5-7-9-11-13-19-21-15(17)16(18)22-20-14-12-10-8-6-4-2/h13-14H,3-12H2,1-2H3,(H2,17,21)(H2,18,22). The minimum atomic E-state index is 0.105. The Bertz CT molecular complexity index is 335. The van der Waals surface area contributed by atoms with Crippen molar-refractivity contribution >= 4 is 24.1 Å². The topological polar surface area (TPSA) is 101 Å². The molecular weight excluding hydrogens is 276 g/mol. The molecule has 0 spiro atoms. The second kappa shape index (κ2) is 15.7. The molecule has 6 nitrogen and oxygen atoms in total. The van der Waals surface area contributed by atoms with Gasteiger partial charge in [-0.3, -0.25) is 0 Å². The van der Waals surface area contributed by atoms with E-state index in [0.717, 1.165) is 25.7 Å². The maximum atomic E-state index is 5.67. The van der Waals surface area contributed by atoms with Gasteiger partial charge in [0.25, 0.3) is 0 Å². The van der Waals surface area contributed by atoms with Gasteiger partial charge in [-0.1, -0.05) is 52.4 Å². The van der Waals surface area contributed by atoms with E-state index in [-0.39, 0.29) is 11.7 Å². The number of hydrogen-bond donors (Lipinski definition) is 2. The summed E-state index contributed by atoms with van der Waals surface area (Å²) in [6.45, 7) is 4.38. The van der Waals surface area contributed by atoms with E-state index in [1.807, 2.05) is 0 Å². The fraction of sp³-hybridized carbons (Fsp3) is 0.750. The lowest BCUT2D eigenvalue weighted by Crippen LogP contribution is -2.30. The van der Waals surface area contributed by atoms with Gasteiger partial charge in [-0.2, -0.15) is 10.2 Å². The molecule has 0 amide bonds. The summed E-state index contributed by atoms with van der Waals surface area (Å²) in [7, 11) is 0. The van der Waals surface area contributed by atoms with Gasteiger partial charge >= 0.3 is 0 Å². The first-order valence-corrected chi connectivity index (χ1v) is 8.42. The Balaban J connectivity index is 3.93. The number of unbranched alkanes of at least 4 members (excludes halogenated alkanes) is 8. The van der Waals surface area contributed by atoms with Crippen molar-refractivity contribution in [2.45, 2.75) is 78.1 Å². The lowest BCUT2D eigenvalue weighted by Gasteiger charge is -1.95. The predicted molar refractivity (Wildman–Crippen MR) is 97.7 cm³/mol. The minimum absolute atomic E-state index is 0.105. The highest BCUT2D eigenvalue weighted by atomic mass is 15.3. The Hall–Kier alpha value is -1.72. The van der Waals surface area contributed by atoms with Crippen molar-refractivity contribution in [3.63, 3.8) is 0 Å². The van der Waals surface area contributed by atoms with Crippen LogP contribution < -0.4 is 11.5 Å². The van der Waals surface area contributed by atoms with Crippen molar-refractivity contribution in [2.24, 2.45) is 31.9 Å². The van der Waals surface area contributed by atoms with Gasteiger partial charge in [0.2, 0.25) is 0 Å². The average Bonchev–Trinajstić information content (AvgIpc) is 2.52. The second-order valence-corrected chi connectivity index (χ2v) is 5.27. The zero-order valence-corrected chi connectivity index (χ0v) is 14.2. The number of rotatable bonds is 12. The fourth-order valence-electron chi connectivity index (χ4n) is 1.75. The molecular formula is C16H32N6. The van der Waals surface area contributed by atoms with Crippen LogP contribution in [0.25, 0.3) is 0 Å². The summed E-state index contributed by atoms with van der Waals surface area (Å²) in [6, 6.07) is 0. The van der Waals surface area contributed by atoms with Crippen LogP contribution in [0, 0.1) is 0 Å². The van der Waals surface area contributed by atoms with Crippen LogP contribution in [0.3, 0.4) is 0 Å². The van der Waals surface area contributed by atoms with Crippen LogP contribution in [0.15, 0.2) is 20.4 Å². The third-order valence-electron chi connectivity index (χ3n) is 3.13. The van der Waals surface area contributed by atoms with Crippen LogP contribution in [-0.2, 0) is 0 Å². The van der Waals surface area contributed by atoms with E-state index in [2.05, 4.69) is 34.3 Å². The highest BCUT2D eigenvalue weighted by Crippen LogP contribution is 2.01. The number of nitrogens with two attached hydrogens (primary N) is 2. The normalized spacial score (nSPS) is 13.5. The molecule has 0 heterocycles. The lowest BCUT2D eigenvalue weighted by molar-refractivity contribution is 0.685. The monoisotopic (exact) mass is 308 g/mol. The molecule has 0 atom stereocenters. The third kappa shape index (κ3) is 13.3. The Morgan fingerprint density at radius 3 is 1.45 bits per heavy atom. The van der Waals surface area contributed by atoms with Crippen LogP contribution in [0.4, 0.5) is 0 Å². The third-order valence-corrected chi connectivity index (χ3v) is 3.13. The van der Waals surface area contributed by atoms with Gasteiger partial charge in [0, 0.05) is 12.4 Å². The van der Waals surface area contributed by atoms with Crippen molar-refractivity contribution in [1.82, 2.24) is 0 Å². The van der Waals surface area contributed by atoms with Crippen molar-refractivity contribution < 1.29 is 0 Å². The molecule has 126 valence electrons. The van der Waals surface area contributed by atoms with Gasteiger partial charge in [0.15, 0.2) is 11.7 Å². The van der Waals surface area contributed by atoms with Crippen molar-refractivity contribution in [3.8, 4) is 0 Å². The predicted octanol–water partition coefficient (Wildman–Crippen LogP) is 3.61. The van der Waals surface area contributed by atoms with E-state index < -0.39 is 0 Å². The van der Waals surface area contributed by atoms with E-state index in [1.165, 1.54) is 38.5 Å². The number of nitrogens with zero attached hydrogens (tertiary/aromatic N) is 4. The molecule has 6 heteroatoms. The highest BCUT2D eigenvalue weighted by molar-refractivity contribution is 6.39. The van der Waals surface area contributed by atoms with Crippen LogP contribution in [0.5, 0.6) is 0 Å². The number of amidine groups is 2. The summed E-state index contributed by atoms with van der Waals surface area (Å²) in [6.07, 6.45) is 15.0. The number of hydrogen-bond acceptors (Lipinski definition) is 4. The summed E-state index contributed by atoms with van der Waals surface area (Å²) >= 11 is 0. The lowest BCUT2D eigenvalue weighted by atomic mass is 10.2. The van der Waals surface area contributed by atoms with Crippen molar-refractivity contribution in [1.29, 1.82) is 0 Å². The molecule has 0 fully saturated rings. The zero-order valence-electron chi connectivity index (χ0n) is 14.2. The van der Waals surface area contributed by atoms with Gasteiger partial charge in [-0.15, -0.1) is 10.2 Å². The van der Waals surface area contributed by atoms with E-state index in [4.69, 9.17) is 11.5 Å². The van der Waals surface area contributed by atoms with Gasteiger partial charge in [-0.25, -0.2) is 0 Å². The average molecular weight is 308 g/mol. The van der Waals surface area contributed by atoms with Crippen LogP contribution >= 0.6 is 0 Å². The zero-order chi connectivity index (χ0) is 16.5. The molecule has 0 saturated carbocycles.